The Balaban J connectivity index is 4.34. The first-order chi connectivity index (χ1) is 19.0. The maximum Gasteiger partial charge on any atom is 0.410 e. The van der Waals surface area contributed by atoms with E-state index in [4.69, 9.17) is 20.6 Å². The van der Waals surface area contributed by atoms with Crippen LogP contribution < -0.4 is 27.0 Å². The van der Waals surface area contributed by atoms with Gasteiger partial charge in [-0.3, -0.25) is 15.0 Å². The predicted molar refractivity (Wildman–Crippen MR) is 160 cm³/mol. The molecule has 0 radical (unpaired) electrons. The molecule has 0 spiro atoms. The van der Waals surface area contributed by atoms with Crippen LogP contribution in [-0.2, 0) is 19.1 Å². The maximum atomic E-state index is 12.7. The summed E-state index contributed by atoms with van der Waals surface area (Å²) in [6.45, 7) is 14.7. The van der Waals surface area contributed by atoms with E-state index >= 15 is 0 Å². The van der Waals surface area contributed by atoms with Crippen molar-refractivity contribution < 1.29 is 28.7 Å². The molecule has 0 aliphatic heterocycles. The van der Waals surface area contributed by atoms with Gasteiger partial charge in [-0.15, -0.1) is 0 Å². The molecule has 238 valence electrons. The summed E-state index contributed by atoms with van der Waals surface area (Å²) in [6.07, 6.45) is 4.65. The van der Waals surface area contributed by atoms with Crippen LogP contribution in [0.4, 0.5) is 9.59 Å². The Kier molecular flexibility index (Phi) is 18.2. The number of hydrogen-bond acceptors (Lipinski definition) is 7. The summed E-state index contributed by atoms with van der Waals surface area (Å²) in [7, 11) is 0. The van der Waals surface area contributed by atoms with Gasteiger partial charge in [0.05, 0.1) is 0 Å². The highest BCUT2D eigenvalue weighted by atomic mass is 16.6. The lowest BCUT2D eigenvalue weighted by Gasteiger charge is -2.27. The number of nitrogens with zero attached hydrogens (tertiary/aromatic N) is 1. The zero-order valence-electron chi connectivity index (χ0n) is 26.2. The van der Waals surface area contributed by atoms with Crippen LogP contribution in [-0.4, -0.2) is 84.8 Å². The molecule has 0 aromatic heterocycles. The number of nitrogens with one attached hydrogen (secondary N) is 5. The first-order valence-corrected chi connectivity index (χ1v) is 14.6. The Morgan fingerprint density at radius 1 is 0.756 bits per heavy atom. The lowest BCUT2D eigenvalue weighted by molar-refractivity contribution is -0.128. The molecule has 41 heavy (non-hydrogen) atoms. The fourth-order valence-corrected chi connectivity index (χ4v) is 3.55. The zero-order chi connectivity index (χ0) is 31.5. The fraction of sp³-hybridized carbons (Fsp3) is 0.821. The summed E-state index contributed by atoms with van der Waals surface area (Å²) in [4.78, 5) is 50.6. The second-order valence-electron chi connectivity index (χ2n) is 12.0. The minimum atomic E-state index is -0.641. The number of ether oxygens (including phenoxy) is 2. The third-order valence-corrected chi connectivity index (χ3v) is 5.50. The minimum Gasteiger partial charge on any atom is -0.444 e. The van der Waals surface area contributed by atoms with Crippen LogP contribution in [0.5, 0.6) is 0 Å². The molecule has 13 heteroatoms. The molecule has 4 amide bonds. The lowest BCUT2D eigenvalue weighted by Crippen LogP contribution is -2.45. The summed E-state index contributed by atoms with van der Waals surface area (Å²) in [6, 6.07) is -0.641. The largest absolute Gasteiger partial charge is 0.444 e. The van der Waals surface area contributed by atoms with Gasteiger partial charge in [-0.05, 0) is 80.6 Å². The molecule has 0 aliphatic carbocycles. The standard InChI is InChI=1S/C28H55N7O6/c1-21(34-22(36)15-10-8-9-11-17-32-24(29)30)23(37)31-16-12-13-19-35(26(39)41-28(5,6)7)20-14-18-33-25(38)40-27(2,3)4/h21H,8-20H2,1-7H3,(H,31,37)(H,33,38)(H,34,36)(H4,29,30,32)/t21-/m0/s1. The van der Waals surface area contributed by atoms with E-state index in [0.717, 1.165) is 25.7 Å². The molecule has 0 fully saturated rings. The van der Waals surface area contributed by atoms with Gasteiger partial charge < -0.3 is 41.4 Å². The molecule has 0 bridgehead atoms. The van der Waals surface area contributed by atoms with Gasteiger partial charge >= 0.3 is 12.2 Å². The summed E-state index contributed by atoms with van der Waals surface area (Å²) >= 11 is 0. The van der Waals surface area contributed by atoms with Crippen molar-refractivity contribution in [3.8, 4) is 0 Å². The summed E-state index contributed by atoms with van der Waals surface area (Å²) in [5.41, 5.74) is 4.01. The van der Waals surface area contributed by atoms with Crippen LogP contribution >= 0.6 is 0 Å². The van der Waals surface area contributed by atoms with E-state index in [1.54, 1.807) is 53.4 Å². The Hall–Kier alpha value is -3.25. The Bertz CT molecular complexity index is 824. The highest BCUT2D eigenvalue weighted by molar-refractivity contribution is 5.87. The molecule has 0 saturated heterocycles. The van der Waals surface area contributed by atoms with Crippen molar-refractivity contribution in [2.24, 2.45) is 5.73 Å². The van der Waals surface area contributed by atoms with Gasteiger partial charge in [0, 0.05) is 39.1 Å². The average Bonchev–Trinajstić information content (AvgIpc) is 2.81. The van der Waals surface area contributed by atoms with E-state index in [2.05, 4.69) is 21.3 Å². The molecule has 0 aromatic carbocycles. The minimum absolute atomic E-state index is 0.0408. The third kappa shape index (κ3) is 23.2. The van der Waals surface area contributed by atoms with Gasteiger partial charge in [0.1, 0.15) is 17.2 Å². The van der Waals surface area contributed by atoms with Gasteiger partial charge in [-0.1, -0.05) is 12.8 Å². The Morgan fingerprint density at radius 2 is 1.29 bits per heavy atom. The van der Waals surface area contributed by atoms with Crippen molar-refractivity contribution in [1.82, 2.24) is 26.2 Å². The van der Waals surface area contributed by atoms with Crippen LogP contribution in [0, 0.1) is 5.41 Å². The van der Waals surface area contributed by atoms with Gasteiger partial charge in [0.2, 0.25) is 11.8 Å². The number of carbonyl (C=O) groups is 4. The number of nitrogens with two attached hydrogens (primary N) is 1. The topological polar surface area (TPSA) is 188 Å². The van der Waals surface area contributed by atoms with Crippen molar-refractivity contribution in [3.63, 3.8) is 0 Å². The van der Waals surface area contributed by atoms with Crippen LogP contribution in [0.2, 0.25) is 0 Å². The van der Waals surface area contributed by atoms with Gasteiger partial charge in [0.15, 0.2) is 5.96 Å². The smallest absolute Gasteiger partial charge is 0.410 e. The Morgan fingerprint density at radius 3 is 1.90 bits per heavy atom. The molecule has 0 heterocycles. The Labute approximate surface area is 245 Å². The quantitative estimate of drug-likeness (QED) is 0.0804. The molecule has 7 N–H and O–H groups in total. The van der Waals surface area contributed by atoms with Crippen LogP contribution in [0.15, 0.2) is 0 Å². The van der Waals surface area contributed by atoms with Crippen LogP contribution in [0.1, 0.15) is 99.8 Å². The molecule has 0 unspecified atom stereocenters. The molecule has 0 aromatic rings. The summed E-state index contributed by atoms with van der Waals surface area (Å²) in [5.74, 6) is -0.462. The number of rotatable bonds is 18. The van der Waals surface area contributed by atoms with Gasteiger partial charge in [-0.2, -0.15) is 0 Å². The van der Waals surface area contributed by atoms with Gasteiger partial charge in [-0.25, -0.2) is 9.59 Å². The highest BCUT2D eigenvalue weighted by Crippen LogP contribution is 2.11. The monoisotopic (exact) mass is 585 g/mol. The zero-order valence-corrected chi connectivity index (χ0v) is 26.2. The third-order valence-electron chi connectivity index (χ3n) is 5.50. The van der Waals surface area contributed by atoms with Crippen molar-refractivity contribution >= 4 is 30.0 Å². The molecular weight excluding hydrogens is 530 g/mol. The van der Waals surface area contributed by atoms with Crippen LogP contribution in [0.25, 0.3) is 0 Å². The fourth-order valence-electron chi connectivity index (χ4n) is 3.55. The number of alkyl carbamates (subject to hydrolysis) is 1. The first kappa shape index (κ1) is 37.8. The summed E-state index contributed by atoms with van der Waals surface area (Å²) < 4.78 is 10.7. The second-order valence-corrected chi connectivity index (χ2v) is 12.0. The second kappa shape index (κ2) is 19.8. The van der Waals surface area contributed by atoms with E-state index in [0.29, 0.717) is 58.4 Å². The maximum absolute atomic E-state index is 12.7. The normalized spacial score (nSPS) is 12.1. The number of carbonyl (C=O) groups excluding carboxylic acids is 4. The number of unbranched alkanes of at least 4 members (excludes halogenated alkanes) is 4. The van der Waals surface area contributed by atoms with Crippen molar-refractivity contribution in [2.75, 3.05) is 32.7 Å². The first-order valence-electron chi connectivity index (χ1n) is 14.6. The van der Waals surface area contributed by atoms with Crippen molar-refractivity contribution in [3.05, 3.63) is 0 Å². The molecule has 0 aliphatic rings. The number of amides is 4. The highest BCUT2D eigenvalue weighted by Gasteiger charge is 2.22. The van der Waals surface area contributed by atoms with Crippen LogP contribution in [0.3, 0.4) is 0 Å². The van der Waals surface area contributed by atoms with E-state index in [1.807, 2.05) is 0 Å². The summed E-state index contributed by atoms with van der Waals surface area (Å²) in [5, 5.41) is 18.1. The predicted octanol–water partition coefficient (Wildman–Crippen LogP) is 2.97. The van der Waals surface area contributed by atoms with E-state index in [9.17, 15) is 19.2 Å². The molecule has 1 atom stereocenters. The molecule has 13 nitrogen and oxygen atoms in total. The number of hydrogen-bond donors (Lipinski definition) is 6. The van der Waals surface area contributed by atoms with E-state index in [-0.39, 0.29) is 17.8 Å². The van der Waals surface area contributed by atoms with Crippen molar-refractivity contribution in [1.29, 1.82) is 5.41 Å². The van der Waals surface area contributed by atoms with E-state index in [1.165, 1.54) is 0 Å². The number of guanidine groups is 1. The molecule has 0 saturated carbocycles. The van der Waals surface area contributed by atoms with E-state index < -0.39 is 29.4 Å². The SMILES string of the molecule is C[C@H](NC(=O)CCCCCCNC(=N)N)C(=O)NCCCCN(CCCNC(=O)OC(C)(C)C)C(=O)OC(C)(C)C. The van der Waals surface area contributed by atoms with Crippen molar-refractivity contribution in [2.45, 2.75) is 117 Å². The van der Waals surface area contributed by atoms with Gasteiger partial charge in [0.25, 0.3) is 0 Å². The lowest BCUT2D eigenvalue weighted by atomic mass is 10.1. The molecular formula is C28H55N7O6. The average molecular weight is 586 g/mol. The molecule has 0 rings (SSSR count).